The standard InChI is InChI=1S/C27H27FN6O2/c1-2-36-27(35)33-16-13-22(14-17-33)34-24(18-30-25(34)19-8-10-20(28)11-9-19)23-12-15-29-26(32-23)31-21-6-4-3-5-7-21/h3-12,15,18,22H,2,13-14,16-17H2,1H3,(H,29,31,32). The van der Waals surface area contributed by atoms with E-state index in [1.54, 1.807) is 36.4 Å². The molecule has 8 nitrogen and oxygen atoms in total. The number of benzene rings is 2. The fraction of sp³-hybridized carbons (Fsp3) is 0.259. The lowest BCUT2D eigenvalue weighted by molar-refractivity contribution is 0.0929. The molecule has 1 amide bonds. The van der Waals surface area contributed by atoms with Gasteiger partial charge < -0.3 is 19.5 Å². The number of hydrogen-bond acceptors (Lipinski definition) is 6. The zero-order valence-electron chi connectivity index (χ0n) is 20.0. The molecular formula is C27H27FN6O2. The highest BCUT2D eigenvalue weighted by Crippen LogP contribution is 2.34. The largest absolute Gasteiger partial charge is 0.450 e. The van der Waals surface area contributed by atoms with E-state index in [-0.39, 0.29) is 18.0 Å². The average molecular weight is 487 g/mol. The molecule has 3 heterocycles. The third kappa shape index (κ3) is 5.05. The van der Waals surface area contributed by atoms with Gasteiger partial charge in [0.05, 0.1) is 24.2 Å². The summed E-state index contributed by atoms with van der Waals surface area (Å²) in [6.07, 6.45) is 4.69. The smallest absolute Gasteiger partial charge is 0.409 e. The van der Waals surface area contributed by atoms with Crippen molar-refractivity contribution in [1.29, 1.82) is 0 Å². The zero-order valence-corrected chi connectivity index (χ0v) is 20.0. The maximum Gasteiger partial charge on any atom is 0.409 e. The fourth-order valence-electron chi connectivity index (χ4n) is 4.47. The van der Waals surface area contributed by atoms with Crippen LogP contribution in [0.25, 0.3) is 22.8 Å². The van der Waals surface area contributed by atoms with Gasteiger partial charge in [0.15, 0.2) is 0 Å². The van der Waals surface area contributed by atoms with Gasteiger partial charge in [-0.1, -0.05) is 18.2 Å². The van der Waals surface area contributed by atoms with Crippen LogP contribution in [0, 0.1) is 5.82 Å². The van der Waals surface area contributed by atoms with Gasteiger partial charge in [0.1, 0.15) is 11.6 Å². The zero-order chi connectivity index (χ0) is 24.9. The predicted octanol–water partition coefficient (Wildman–Crippen LogP) is 5.68. The number of likely N-dealkylation sites (tertiary alicyclic amines) is 1. The number of aromatic nitrogens is 4. The summed E-state index contributed by atoms with van der Waals surface area (Å²) >= 11 is 0. The molecule has 0 radical (unpaired) electrons. The Morgan fingerprint density at radius 3 is 2.53 bits per heavy atom. The highest BCUT2D eigenvalue weighted by molar-refractivity contribution is 5.68. The van der Waals surface area contributed by atoms with E-state index in [9.17, 15) is 9.18 Å². The highest BCUT2D eigenvalue weighted by Gasteiger charge is 2.28. The van der Waals surface area contributed by atoms with E-state index in [0.29, 0.717) is 25.6 Å². The fourth-order valence-corrected chi connectivity index (χ4v) is 4.47. The summed E-state index contributed by atoms with van der Waals surface area (Å²) in [5.41, 5.74) is 3.26. The number of piperidine rings is 1. The van der Waals surface area contributed by atoms with Crippen LogP contribution >= 0.6 is 0 Å². The summed E-state index contributed by atoms with van der Waals surface area (Å²) in [5.74, 6) is 0.912. The van der Waals surface area contributed by atoms with Crippen molar-refractivity contribution in [3.8, 4) is 22.8 Å². The summed E-state index contributed by atoms with van der Waals surface area (Å²) in [7, 11) is 0. The normalized spacial score (nSPS) is 14.0. The van der Waals surface area contributed by atoms with Crippen molar-refractivity contribution < 1.29 is 13.9 Å². The summed E-state index contributed by atoms with van der Waals surface area (Å²) in [5, 5.41) is 3.24. The van der Waals surface area contributed by atoms with Crippen molar-refractivity contribution in [2.75, 3.05) is 25.0 Å². The first-order chi connectivity index (χ1) is 17.6. The number of amides is 1. The van der Waals surface area contributed by atoms with Gasteiger partial charge in [0.25, 0.3) is 0 Å². The highest BCUT2D eigenvalue weighted by atomic mass is 19.1. The summed E-state index contributed by atoms with van der Waals surface area (Å²) in [6, 6.07) is 18.0. The van der Waals surface area contributed by atoms with Gasteiger partial charge in [0, 0.05) is 36.6 Å². The lowest BCUT2D eigenvalue weighted by Crippen LogP contribution is -2.39. The van der Waals surface area contributed by atoms with Crippen molar-refractivity contribution in [2.24, 2.45) is 0 Å². The van der Waals surface area contributed by atoms with Gasteiger partial charge in [0.2, 0.25) is 5.95 Å². The molecule has 0 bridgehead atoms. The van der Waals surface area contributed by atoms with E-state index < -0.39 is 0 Å². The number of hydrogen-bond donors (Lipinski definition) is 1. The van der Waals surface area contributed by atoms with Crippen molar-refractivity contribution in [2.45, 2.75) is 25.8 Å². The summed E-state index contributed by atoms with van der Waals surface area (Å²) in [4.78, 5) is 27.8. The molecule has 0 unspecified atom stereocenters. The molecule has 1 aliphatic rings. The number of carbonyl (C=O) groups excluding carboxylic acids is 1. The third-order valence-electron chi connectivity index (χ3n) is 6.20. The number of carbonyl (C=O) groups is 1. The van der Waals surface area contributed by atoms with Crippen molar-refractivity contribution in [1.82, 2.24) is 24.4 Å². The van der Waals surface area contributed by atoms with E-state index in [0.717, 1.165) is 41.3 Å². The topological polar surface area (TPSA) is 85.2 Å². The van der Waals surface area contributed by atoms with Crippen LogP contribution in [0.5, 0.6) is 0 Å². The summed E-state index contributed by atoms with van der Waals surface area (Å²) in [6.45, 7) is 3.31. The first-order valence-corrected chi connectivity index (χ1v) is 12.0. The Hall–Kier alpha value is -4.27. The summed E-state index contributed by atoms with van der Waals surface area (Å²) < 4.78 is 21.0. The van der Waals surface area contributed by atoms with Crippen LogP contribution < -0.4 is 5.32 Å². The van der Waals surface area contributed by atoms with Gasteiger partial charge in [-0.25, -0.2) is 24.1 Å². The van der Waals surface area contributed by atoms with Crippen molar-refractivity contribution in [3.63, 3.8) is 0 Å². The van der Waals surface area contributed by atoms with Crippen LogP contribution in [0.15, 0.2) is 73.1 Å². The minimum Gasteiger partial charge on any atom is -0.450 e. The number of halogens is 1. The molecule has 1 saturated heterocycles. The van der Waals surface area contributed by atoms with Crippen molar-refractivity contribution in [3.05, 3.63) is 78.9 Å². The molecule has 0 atom stereocenters. The molecule has 1 aliphatic heterocycles. The first kappa shape index (κ1) is 23.5. The molecule has 0 spiro atoms. The van der Waals surface area contributed by atoms with E-state index in [1.165, 1.54) is 12.1 Å². The molecule has 0 saturated carbocycles. The maximum atomic E-state index is 13.6. The average Bonchev–Trinajstić information content (AvgIpc) is 3.35. The molecule has 184 valence electrons. The molecule has 36 heavy (non-hydrogen) atoms. The van der Waals surface area contributed by atoms with Crippen LogP contribution in [0.2, 0.25) is 0 Å². The molecule has 5 rings (SSSR count). The second-order valence-electron chi connectivity index (χ2n) is 8.52. The number of nitrogens with one attached hydrogen (secondary N) is 1. The minimum absolute atomic E-state index is 0.0775. The van der Waals surface area contributed by atoms with Gasteiger partial charge in [-0.3, -0.25) is 0 Å². The number of para-hydroxylation sites is 1. The van der Waals surface area contributed by atoms with E-state index in [1.807, 2.05) is 36.4 Å². The third-order valence-corrected chi connectivity index (χ3v) is 6.20. The number of nitrogens with zero attached hydrogens (tertiary/aromatic N) is 5. The van der Waals surface area contributed by atoms with Crippen LogP contribution in [-0.2, 0) is 4.74 Å². The number of anilines is 2. The Balaban J connectivity index is 1.49. The van der Waals surface area contributed by atoms with Gasteiger partial charge in [-0.2, -0.15) is 0 Å². The Morgan fingerprint density at radius 2 is 1.81 bits per heavy atom. The molecule has 9 heteroatoms. The molecule has 2 aromatic heterocycles. The number of imidazole rings is 1. The molecule has 1 fully saturated rings. The van der Waals surface area contributed by atoms with E-state index in [4.69, 9.17) is 14.7 Å². The molecule has 1 N–H and O–H groups in total. The maximum absolute atomic E-state index is 13.6. The predicted molar refractivity (Wildman–Crippen MR) is 135 cm³/mol. The van der Waals surface area contributed by atoms with E-state index in [2.05, 4.69) is 14.9 Å². The lowest BCUT2D eigenvalue weighted by atomic mass is 10.0. The van der Waals surface area contributed by atoms with Crippen LogP contribution in [0.1, 0.15) is 25.8 Å². The molecular weight excluding hydrogens is 459 g/mol. The Bertz CT molecular complexity index is 1320. The quantitative estimate of drug-likeness (QED) is 0.377. The van der Waals surface area contributed by atoms with E-state index >= 15 is 0 Å². The number of ether oxygens (including phenoxy) is 1. The first-order valence-electron chi connectivity index (χ1n) is 12.0. The van der Waals surface area contributed by atoms with Gasteiger partial charge in [-0.15, -0.1) is 0 Å². The minimum atomic E-state index is -0.299. The second-order valence-corrected chi connectivity index (χ2v) is 8.52. The van der Waals surface area contributed by atoms with Crippen molar-refractivity contribution >= 4 is 17.7 Å². The Labute approximate surface area is 208 Å². The monoisotopic (exact) mass is 486 g/mol. The lowest BCUT2D eigenvalue weighted by Gasteiger charge is -2.33. The van der Waals surface area contributed by atoms with Gasteiger partial charge in [-0.05, 0) is 62.2 Å². The molecule has 0 aliphatic carbocycles. The Morgan fingerprint density at radius 1 is 1.06 bits per heavy atom. The SMILES string of the molecule is CCOC(=O)N1CCC(n2c(-c3ccnc(Nc4ccccc4)n3)cnc2-c2ccc(F)cc2)CC1. The van der Waals surface area contributed by atoms with Gasteiger partial charge >= 0.3 is 6.09 Å². The van der Waals surface area contributed by atoms with Crippen LogP contribution in [0.4, 0.5) is 20.8 Å². The molecule has 4 aromatic rings. The number of rotatable bonds is 6. The second kappa shape index (κ2) is 10.6. The Kier molecular flexibility index (Phi) is 6.88. The van der Waals surface area contributed by atoms with Crippen LogP contribution in [0.3, 0.4) is 0 Å². The van der Waals surface area contributed by atoms with Crippen LogP contribution in [-0.4, -0.2) is 50.2 Å². The molecule has 2 aromatic carbocycles.